The van der Waals surface area contributed by atoms with Crippen LogP contribution in [-0.2, 0) is 4.79 Å². The van der Waals surface area contributed by atoms with Gasteiger partial charge in [-0.15, -0.1) is 0 Å². The van der Waals surface area contributed by atoms with Crippen molar-refractivity contribution in [2.24, 2.45) is 5.73 Å². The second-order valence-corrected chi connectivity index (χ2v) is 2.86. The van der Waals surface area contributed by atoms with Crippen LogP contribution in [0.1, 0.15) is 13.3 Å². The molecule has 1 amide bonds. The number of carbonyl (C=O) groups excluding carboxylic acids is 1. The summed E-state index contributed by atoms with van der Waals surface area (Å²) in [4.78, 5) is 18.7. The van der Waals surface area contributed by atoms with E-state index in [4.69, 9.17) is 5.73 Å². The van der Waals surface area contributed by atoms with Gasteiger partial charge in [-0.1, -0.05) is 0 Å². The molecule has 0 saturated heterocycles. The van der Waals surface area contributed by atoms with Crippen LogP contribution in [0.5, 0.6) is 0 Å². The number of nitrogens with zero attached hydrogens (tertiary/aromatic N) is 2. The standard InChI is InChI=1S/C8H12N4O/c1-6(9)2-8(13)12-7-3-10-5-11-4-7/h3-6H,2,9H2,1H3,(H,12,13). The summed E-state index contributed by atoms with van der Waals surface area (Å²) < 4.78 is 0. The Balaban J connectivity index is 2.46. The molecule has 1 aromatic heterocycles. The predicted molar refractivity (Wildman–Crippen MR) is 48.9 cm³/mol. The predicted octanol–water partition coefficient (Wildman–Crippen LogP) is 0.152. The largest absolute Gasteiger partial charge is 0.327 e. The first kappa shape index (κ1) is 9.60. The zero-order valence-corrected chi connectivity index (χ0v) is 7.40. The fourth-order valence-electron chi connectivity index (χ4n) is 0.868. The van der Waals surface area contributed by atoms with Crippen LogP contribution in [0.4, 0.5) is 5.69 Å². The minimum absolute atomic E-state index is 0.121. The number of hydrogen-bond acceptors (Lipinski definition) is 4. The van der Waals surface area contributed by atoms with Crippen molar-refractivity contribution in [3.05, 3.63) is 18.7 Å². The fraction of sp³-hybridized carbons (Fsp3) is 0.375. The number of nitrogens with two attached hydrogens (primary N) is 1. The van der Waals surface area contributed by atoms with Gasteiger partial charge in [0.2, 0.25) is 5.91 Å². The number of nitrogens with one attached hydrogen (secondary N) is 1. The second kappa shape index (κ2) is 4.51. The third-order valence-electron chi connectivity index (χ3n) is 1.35. The van der Waals surface area contributed by atoms with Crippen LogP contribution in [0, 0.1) is 0 Å². The molecule has 0 fully saturated rings. The van der Waals surface area contributed by atoms with Crippen molar-refractivity contribution in [1.82, 2.24) is 9.97 Å². The van der Waals surface area contributed by atoms with Crippen LogP contribution in [0.15, 0.2) is 18.7 Å². The summed E-state index contributed by atoms with van der Waals surface area (Å²) >= 11 is 0. The highest BCUT2D eigenvalue weighted by molar-refractivity contribution is 5.90. The quantitative estimate of drug-likeness (QED) is 0.694. The van der Waals surface area contributed by atoms with Crippen LogP contribution < -0.4 is 11.1 Å². The summed E-state index contributed by atoms with van der Waals surface area (Å²) in [5, 5.41) is 2.63. The normalized spacial score (nSPS) is 12.2. The maximum absolute atomic E-state index is 11.2. The molecule has 0 aliphatic rings. The van der Waals surface area contributed by atoms with Crippen LogP contribution in [0.2, 0.25) is 0 Å². The van der Waals surface area contributed by atoms with Gasteiger partial charge in [-0.25, -0.2) is 9.97 Å². The molecule has 3 N–H and O–H groups in total. The average Bonchev–Trinajstić information content (AvgIpc) is 2.04. The Morgan fingerprint density at radius 3 is 2.77 bits per heavy atom. The van der Waals surface area contributed by atoms with Gasteiger partial charge in [0.25, 0.3) is 0 Å². The van der Waals surface area contributed by atoms with Crippen LogP contribution in [0.25, 0.3) is 0 Å². The van der Waals surface area contributed by atoms with E-state index < -0.39 is 0 Å². The minimum atomic E-state index is -0.135. The molecule has 1 aromatic rings. The number of amides is 1. The van der Waals surface area contributed by atoms with E-state index in [2.05, 4.69) is 15.3 Å². The molecule has 1 rings (SSSR count). The van der Waals surface area contributed by atoms with Gasteiger partial charge >= 0.3 is 0 Å². The molecule has 0 aliphatic heterocycles. The number of anilines is 1. The third-order valence-corrected chi connectivity index (χ3v) is 1.35. The minimum Gasteiger partial charge on any atom is -0.327 e. The highest BCUT2D eigenvalue weighted by Crippen LogP contribution is 2.01. The van der Waals surface area contributed by atoms with Crippen molar-refractivity contribution in [2.45, 2.75) is 19.4 Å². The number of hydrogen-bond donors (Lipinski definition) is 2. The first-order valence-electron chi connectivity index (χ1n) is 3.99. The Morgan fingerprint density at radius 1 is 1.62 bits per heavy atom. The number of rotatable bonds is 3. The van der Waals surface area contributed by atoms with E-state index in [-0.39, 0.29) is 11.9 Å². The number of carbonyl (C=O) groups is 1. The van der Waals surface area contributed by atoms with Gasteiger partial charge in [0.1, 0.15) is 6.33 Å². The monoisotopic (exact) mass is 180 g/mol. The second-order valence-electron chi connectivity index (χ2n) is 2.86. The first-order valence-corrected chi connectivity index (χ1v) is 3.99. The highest BCUT2D eigenvalue weighted by Gasteiger charge is 2.04. The highest BCUT2D eigenvalue weighted by atomic mass is 16.1. The summed E-state index contributed by atoms with van der Waals surface area (Å²) in [5.41, 5.74) is 6.05. The molecule has 0 bridgehead atoms. The molecule has 1 atom stereocenters. The maximum Gasteiger partial charge on any atom is 0.226 e. The Kier molecular flexibility index (Phi) is 3.33. The molecule has 0 aromatic carbocycles. The summed E-state index contributed by atoms with van der Waals surface area (Å²) in [5.74, 6) is -0.121. The van der Waals surface area contributed by atoms with Crippen LogP contribution in [0.3, 0.4) is 0 Å². The van der Waals surface area contributed by atoms with Crippen molar-refractivity contribution in [1.29, 1.82) is 0 Å². The fourth-order valence-corrected chi connectivity index (χ4v) is 0.868. The van der Waals surface area contributed by atoms with Gasteiger partial charge in [-0.05, 0) is 6.92 Å². The summed E-state index contributed by atoms with van der Waals surface area (Å²) in [6.07, 6.45) is 4.77. The lowest BCUT2D eigenvalue weighted by molar-refractivity contribution is -0.116. The van der Waals surface area contributed by atoms with Gasteiger partial charge in [-0.2, -0.15) is 0 Å². The average molecular weight is 180 g/mol. The molecule has 0 spiro atoms. The first-order chi connectivity index (χ1) is 6.18. The molecule has 5 heteroatoms. The zero-order chi connectivity index (χ0) is 9.68. The van der Waals surface area contributed by atoms with Crippen molar-refractivity contribution in [3.63, 3.8) is 0 Å². The molecule has 0 saturated carbocycles. The van der Waals surface area contributed by atoms with Gasteiger partial charge in [0, 0.05) is 12.5 Å². The lowest BCUT2D eigenvalue weighted by Gasteiger charge is -2.05. The lowest BCUT2D eigenvalue weighted by Crippen LogP contribution is -2.24. The van der Waals surface area contributed by atoms with Crippen LogP contribution in [-0.4, -0.2) is 21.9 Å². The van der Waals surface area contributed by atoms with E-state index in [9.17, 15) is 4.79 Å². The Morgan fingerprint density at radius 2 is 2.23 bits per heavy atom. The van der Waals surface area contributed by atoms with E-state index in [0.29, 0.717) is 12.1 Å². The van der Waals surface area contributed by atoms with Gasteiger partial charge in [-0.3, -0.25) is 4.79 Å². The molecule has 1 heterocycles. The van der Waals surface area contributed by atoms with Crippen molar-refractivity contribution < 1.29 is 4.79 Å². The SMILES string of the molecule is CC(N)CC(=O)Nc1cncnc1. The van der Waals surface area contributed by atoms with Crippen molar-refractivity contribution >= 4 is 11.6 Å². The Labute approximate surface area is 76.4 Å². The summed E-state index contributed by atoms with van der Waals surface area (Å²) in [7, 11) is 0. The summed E-state index contributed by atoms with van der Waals surface area (Å²) in [6.45, 7) is 1.78. The van der Waals surface area contributed by atoms with E-state index in [1.165, 1.54) is 18.7 Å². The van der Waals surface area contributed by atoms with E-state index in [1.807, 2.05) is 0 Å². The Bertz CT molecular complexity index is 273. The number of aromatic nitrogens is 2. The molecule has 0 radical (unpaired) electrons. The van der Waals surface area contributed by atoms with E-state index in [1.54, 1.807) is 6.92 Å². The zero-order valence-electron chi connectivity index (χ0n) is 7.40. The summed E-state index contributed by atoms with van der Waals surface area (Å²) in [6, 6.07) is -0.135. The molecule has 5 nitrogen and oxygen atoms in total. The lowest BCUT2D eigenvalue weighted by atomic mass is 10.2. The topological polar surface area (TPSA) is 80.9 Å². The maximum atomic E-state index is 11.2. The molecule has 1 unspecified atom stereocenters. The van der Waals surface area contributed by atoms with Gasteiger partial charge < -0.3 is 11.1 Å². The van der Waals surface area contributed by atoms with Crippen LogP contribution >= 0.6 is 0 Å². The molecular formula is C8H12N4O. The van der Waals surface area contributed by atoms with Gasteiger partial charge in [0.15, 0.2) is 0 Å². The Hall–Kier alpha value is -1.49. The molecule has 13 heavy (non-hydrogen) atoms. The molecule has 0 aliphatic carbocycles. The smallest absolute Gasteiger partial charge is 0.226 e. The third kappa shape index (κ3) is 3.62. The molecule has 70 valence electrons. The van der Waals surface area contributed by atoms with E-state index >= 15 is 0 Å². The van der Waals surface area contributed by atoms with Crippen molar-refractivity contribution in [3.8, 4) is 0 Å². The van der Waals surface area contributed by atoms with E-state index in [0.717, 1.165) is 0 Å². The van der Waals surface area contributed by atoms with Gasteiger partial charge in [0.05, 0.1) is 18.1 Å². The van der Waals surface area contributed by atoms with Crippen molar-refractivity contribution in [2.75, 3.05) is 5.32 Å². The molecular weight excluding hydrogens is 168 g/mol.